The highest BCUT2D eigenvalue weighted by atomic mass is 16.7. The number of imide groups is 2. The normalized spacial score (nSPS) is 14.7. The average Bonchev–Trinajstić information content (AvgIpc) is 3.76. The molecular weight excluding hydrogens is 853 g/mol. The van der Waals surface area contributed by atoms with Gasteiger partial charge in [-0.1, -0.05) is 97.1 Å². The maximum Gasteiger partial charge on any atom is 0.338 e. The van der Waals surface area contributed by atoms with Gasteiger partial charge in [-0.2, -0.15) is 0 Å². The van der Waals surface area contributed by atoms with E-state index in [0.717, 1.165) is 0 Å². The first kappa shape index (κ1) is 44.0. The molecule has 330 valence electrons. The molecule has 4 atom stereocenters. The summed E-state index contributed by atoms with van der Waals surface area (Å²) in [4.78, 5) is 122. The lowest BCUT2D eigenvalue weighted by Crippen LogP contribution is -2.55. The van der Waals surface area contributed by atoms with E-state index in [1.807, 2.05) is 0 Å². The van der Waals surface area contributed by atoms with E-state index in [2.05, 4.69) is 0 Å². The van der Waals surface area contributed by atoms with Gasteiger partial charge in [0.05, 0.1) is 44.5 Å². The van der Waals surface area contributed by atoms with Crippen molar-refractivity contribution >= 4 is 47.5 Å². The third kappa shape index (κ3) is 9.50. The van der Waals surface area contributed by atoms with Gasteiger partial charge in [0.1, 0.15) is 13.2 Å². The molecule has 16 nitrogen and oxygen atoms in total. The summed E-state index contributed by atoms with van der Waals surface area (Å²) < 4.78 is 24.3. The van der Waals surface area contributed by atoms with E-state index in [1.54, 1.807) is 72.8 Å². The number of nitrogens with zero attached hydrogens (tertiary/aromatic N) is 2. The molecule has 2 aliphatic heterocycles. The number of rotatable bonds is 17. The molecule has 0 saturated heterocycles. The number of hydrogen-bond acceptors (Lipinski definition) is 14. The summed E-state index contributed by atoms with van der Waals surface area (Å²) in [7, 11) is 0. The number of hydroxylamine groups is 4. The Bertz CT molecular complexity index is 2540. The number of benzene rings is 6. The zero-order valence-corrected chi connectivity index (χ0v) is 34.5. The Balaban J connectivity index is 1.25. The van der Waals surface area contributed by atoms with Crippen LogP contribution in [-0.2, 0) is 28.6 Å². The van der Waals surface area contributed by atoms with Crippen molar-refractivity contribution in [1.82, 2.24) is 10.1 Å². The highest BCUT2D eigenvalue weighted by Gasteiger charge is 2.48. The fourth-order valence-corrected chi connectivity index (χ4v) is 7.06. The molecule has 66 heavy (non-hydrogen) atoms. The Morgan fingerprint density at radius 3 is 0.818 bits per heavy atom. The average molecular weight is 889 g/mol. The topological polar surface area (TPSA) is 198 Å². The minimum atomic E-state index is -2.08. The second kappa shape index (κ2) is 19.8. The molecule has 4 amide bonds. The molecule has 6 aromatic carbocycles. The van der Waals surface area contributed by atoms with Crippen molar-refractivity contribution in [2.24, 2.45) is 0 Å². The Labute approximate surface area is 375 Å². The number of esters is 4. The molecular formula is C50H36N2O14. The van der Waals surface area contributed by atoms with Gasteiger partial charge < -0.3 is 18.9 Å². The van der Waals surface area contributed by atoms with Crippen LogP contribution in [0.1, 0.15) is 82.9 Å². The predicted molar refractivity (Wildman–Crippen MR) is 228 cm³/mol. The summed E-state index contributed by atoms with van der Waals surface area (Å²) in [5, 5.41) is 0.876. The highest BCUT2D eigenvalue weighted by molar-refractivity contribution is 6.21. The van der Waals surface area contributed by atoms with Crippen molar-refractivity contribution in [2.45, 2.75) is 24.4 Å². The summed E-state index contributed by atoms with van der Waals surface area (Å²) in [6, 6.07) is 42.0. The van der Waals surface area contributed by atoms with Crippen molar-refractivity contribution in [2.75, 3.05) is 13.2 Å². The van der Waals surface area contributed by atoms with E-state index in [-0.39, 0.29) is 44.5 Å². The molecule has 0 spiro atoms. The number of carbonyl (C=O) groups excluding carboxylic acids is 8. The Hall–Kier alpha value is -8.60. The van der Waals surface area contributed by atoms with Gasteiger partial charge in [-0.05, 0) is 72.8 Å². The van der Waals surface area contributed by atoms with Gasteiger partial charge in [-0.3, -0.25) is 28.9 Å². The molecule has 4 unspecified atom stereocenters. The van der Waals surface area contributed by atoms with Gasteiger partial charge in [0, 0.05) is 0 Å². The molecule has 2 aliphatic rings. The van der Waals surface area contributed by atoms with Crippen molar-refractivity contribution in [3.63, 3.8) is 0 Å². The van der Waals surface area contributed by atoms with E-state index >= 15 is 0 Å². The SMILES string of the molecule is O=C(OC(CON1C(=O)c2ccccc2C1=O)C(OC(=O)c1ccccc1)C(OC(=O)c1ccccc1)C(CON1C(=O)c2ccccc2C1=O)OC(=O)c1ccccc1)c1ccccc1. The van der Waals surface area contributed by atoms with Crippen molar-refractivity contribution in [1.29, 1.82) is 0 Å². The molecule has 0 saturated carbocycles. The van der Waals surface area contributed by atoms with Gasteiger partial charge in [0.25, 0.3) is 23.6 Å². The van der Waals surface area contributed by atoms with E-state index in [1.165, 1.54) is 97.1 Å². The first-order chi connectivity index (χ1) is 32.1. The van der Waals surface area contributed by atoms with Crippen LogP contribution >= 0.6 is 0 Å². The number of amides is 4. The second-order valence-corrected chi connectivity index (χ2v) is 14.6. The monoisotopic (exact) mass is 888 g/mol. The molecule has 0 N–H and O–H groups in total. The van der Waals surface area contributed by atoms with Crippen LogP contribution in [0.5, 0.6) is 0 Å². The van der Waals surface area contributed by atoms with Gasteiger partial charge in [0.15, 0.2) is 24.4 Å². The Kier molecular flexibility index (Phi) is 13.2. The molecule has 6 aromatic rings. The summed E-state index contributed by atoms with van der Waals surface area (Å²) in [6.07, 6.45) is -8.01. The highest BCUT2D eigenvalue weighted by Crippen LogP contribution is 2.29. The first-order valence-electron chi connectivity index (χ1n) is 20.3. The summed E-state index contributed by atoms with van der Waals surface area (Å²) in [5.41, 5.74) is -0.0262. The van der Waals surface area contributed by atoms with Crippen LogP contribution in [0.2, 0.25) is 0 Å². The van der Waals surface area contributed by atoms with Crippen molar-refractivity contribution < 1.29 is 67.0 Å². The molecule has 0 aliphatic carbocycles. The standard InChI is InChI=1S/C50H36N2O14/c53-43-35-25-13-14-26-36(35)44(54)51(43)61-29-39(63-47(57)31-17-5-1-6-18-31)41(65-49(59)33-21-9-3-10-22-33)42(66-50(60)34-23-11-4-12-24-34)40(64-48(58)32-19-7-2-8-20-32)30-62-52-45(55)37-27-15-16-28-38(37)46(52)56/h1-28,39-42H,29-30H2. The zero-order chi connectivity index (χ0) is 46.2. The minimum absolute atomic E-state index is 0.00444. The zero-order valence-electron chi connectivity index (χ0n) is 34.5. The third-order valence-electron chi connectivity index (χ3n) is 10.3. The van der Waals surface area contributed by atoms with Crippen LogP contribution in [0, 0.1) is 0 Å². The summed E-state index contributed by atoms with van der Waals surface area (Å²) in [5.74, 6) is -7.65. The van der Waals surface area contributed by atoms with Crippen molar-refractivity contribution in [3.05, 3.63) is 214 Å². The van der Waals surface area contributed by atoms with Crippen LogP contribution in [0.15, 0.2) is 170 Å². The molecule has 2 heterocycles. The Morgan fingerprint density at radius 1 is 0.333 bits per heavy atom. The smallest absolute Gasteiger partial charge is 0.338 e. The van der Waals surface area contributed by atoms with Crippen LogP contribution in [-0.4, -0.2) is 95.3 Å². The third-order valence-corrected chi connectivity index (χ3v) is 10.3. The summed E-state index contributed by atoms with van der Waals surface area (Å²) in [6.45, 7) is -1.87. The lowest BCUT2D eigenvalue weighted by atomic mass is 10.0. The maximum atomic E-state index is 14.2. The quantitative estimate of drug-likeness (QED) is 0.0558. The number of carbonyl (C=O) groups is 8. The van der Waals surface area contributed by atoms with E-state index in [9.17, 15) is 38.4 Å². The minimum Gasteiger partial charge on any atom is -0.452 e. The molecule has 0 fully saturated rings. The lowest BCUT2D eigenvalue weighted by Gasteiger charge is -2.36. The van der Waals surface area contributed by atoms with Crippen LogP contribution in [0.25, 0.3) is 0 Å². The van der Waals surface area contributed by atoms with Crippen molar-refractivity contribution in [3.8, 4) is 0 Å². The van der Waals surface area contributed by atoms with Gasteiger partial charge in [-0.15, -0.1) is 10.1 Å². The largest absolute Gasteiger partial charge is 0.452 e. The molecule has 0 aromatic heterocycles. The maximum absolute atomic E-state index is 14.2. The van der Waals surface area contributed by atoms with E-state index in [4.69, 9.17) is 28.6 Å². The molecule has 0 radical (unpaired) electrons. The number of fused-ring (bicyclic) bond motifs is 2. The Morgan fingerprint density at radius 2 is 0.561 bits per heavy atom. The fraction of sp³-hybridized carbons (Fsp3) is 0.120. The van der Waals surface area contributed by atoms with Crippen LogP contribution in [0.4, 0.5) is 0 Å². The van der Waals surface area contributed by atoms with E-state index in [0.29, 0.717) is 10.1 Å². The fourth-order valence-electron chi connectivity index (χ4n) is 7.06. The van der Waals surface area contributed by atoms with Crippen LogP contribution in [0.3, 0.4) is 0 Å². The predicted octanol–water partition coefficient (Wildman–Crippen LogP) is 6.34. The first-order valence-corrected chi connectivity index (χ1v) is 20.3. The molecule has 8 rings (SSSR count). The van der Waals surface area contributed by atoms with Gasteiger partial charge in [-0.25, -0.2) is 19.2 Å². The number of ether oxygens (including phenoxy) is 4. The molecule has 16 heteroatoms. The van der Waals surface area contributed by atoms with Crippen LogP contribution < -0.4 is 0 Å². The summed E-state index contributed by atoms with van der Waals surface area (Å²) >= 11 is 0. The second-order valence-electron chi connectivity index (χ2n) is 14.6. The number of hydrogen-bond donors (Lipinski definition) is 0. The van der Waals surface area contributed by atoms with Gasteiger partial charge in [0.2, 0.25) is 0 Å². The lowest BCUT2D eigenvalue weighted by molar-refractivity contribution is -0.181. The molecule has 0 bridgehead atoms. The van der Waals surface area contributed by atoms with E-state index < -0.39 is 85.1 Å². The van der Waals surface area contributed by atoms with Gasteiger partial charge >= 0.3 is 23.9 Å².